The second-order valence-corrected chi connectivity index (χ2v) is 9.07. The summed E-state index contributed by atoms with van der Waals surface area (Å²) in [4.78, 5) is 50.4. The Hall–Kier alpha value is -2.21. The highest BCUT2D eigenvalue weighted by Crippen LogP contribution is 2.65. The summed E-state index contributed by atoms with van der Waals surface area (Å²) in [6, 6.07) is 0. The van der Waals surface area contributed by atoms with Crippen LogP contribution < -0.4 is 0 Å². The van der Waals surface area contributed by atoms with E-state index in [4.69, 9.17) is 0 Å². The zero-order valence-corrected chi connectivity index (χ0v) is 16.0. The molecule has 4 aliphatic carbocycles. The summed E-state index contributed by atoms with van der Waals surface area (Å²) >= 11 is 0. The maximum absolute atomic E-state index is 15.1. The lowest BCUT2D eigenvalue weighted by Gasteiger charge is -2.53. The number of hydrogen-bond acceptors (Lipinski definition) is 5. The van der Waals surface area contributed by atoms with E-state index in [1.165, 1.54) is 6.08 Å². The highest BCUT2D eigenvalue weighted by atomic mass is 19.1. The fourth-order valence-electron chi connectivity index (χ4n) is 6.43. The molecule has 4 aliphatic rings. The first kappa shape index (κ1) is 19.1. The van der Waals surface area contributed by atoms with Crippen LogP contribution in [0.25, 0.3) is 0 Å². The van der Waals surface area contributed by atoms with Crippen LogP contribution in [0, 0.1) is 34.5 Å². The molecule has 0 aromatic rings. The summed E-state index contributed by atoms with van der Waals surface area (Å²) in [5.41, 5.74) is -1.48. The van der Waals surface area contributed by atoms with E-state index in [0.29, 0.717) is 12.0 Å². The molecule has 148 valence electrons. The molecule has 0 aliphatic heterocycles. The third kappa shape index (κ3) is 2.21. The van der Waals surface area contributed by atoms with Gasteiger partial charge in [0.05, 0.1) is 11.8 Å². The predicted molar refractivity (Wildman–Crippen MR) is 97.6 cm³/mol. The first-order valence-corrected chi connectivity index (χ1v) is 9.55. The van der Waals surface area contributed by atoms with Gasteiger partial charge in [0.15, 0.2) is 17.3 Å². The van der Waals surface area contributed by atoms with Gasteiger partial charge in [0, 0.05) is 23.8 Å². The Morgan fingerprint density at radius 2 is 2.00 bits per heavy atom. The molecule has 0 heterocycles. The van der Waals surface area contributed by atoms with Gasteiger partial charge in [-0.15, -0.1) is 0 Å². The zero-order valence-electron chi connectivity index (χ0n) is 16.0. The highest BCUT2D eigenvalue weighted by Gasteiger charge is 2.65. The van der Waals surface area contributed by atoms with Crippen molar-refractivity contribution in [3.05, 3.63) is 35.7 Å². The van der Waals surface area contributed by atoms with E-state index in [-0.39, 0.29) is 35.9 Å². The molecule has 0 amide bonds. The molecular weight excluding hydrogens is 363 g/mol. The minimum atomic E-state index is -1.36. The number of ketones is 4. The lowest BCUT2D eigenvalue weighted by atomic mass is 9.47. The van der Waals surface area contributed by atoms with Gasteiger partial charge in [-0.1, -0.05) is 19.1 Å². The van der Waals surface area contributed by atoms with Crippen LogP contribution in [0.3, 0.4) is 0 Å². The maximum atomic E-state index is 15.1. The Bertz CT molecular complexity index is 912. The number of carbonyl (C=O) groups excluding carboxylic acids is 4. The number of allylic oxidation sites excluding steroid dienone is 5. The summed E-state index contributed by atoms with van der Waals surface area (Å²) in [7, 11) is 0. The van der Waals surface area contributed by atoms with Crippen molar-refractivity contribution in [1.29, 1.82) is 0 Å². The van der Waals surface area contributed by atoms with Crippen LogP contribution in [0.15, 0.2) is 35.7 Å². The van der Waals surface area contributed by atoms with E-state index in [2.05, 4.69) is 6.58 Å². The number of aliphatic hydroxyl groups is 1. The molecule has 4 rings (SSSR count). The Kier molecular flexibility index (Phi) is 4.03. The normalized spacial score (nSPS) is 42.4. The number of halogens is 1. The summed E-state index contributed by atoms with van der Waals surface area (Å²) in [5.74, 6) is -4.30. The average molecular weight is 386 g/mol. The van der Waals surface area contributed by atoms with Gasteiger partial charge in [-0.2, -0.15) is 0 Å². The SMILES string of the molecule is C=C1C[C@H]2[C@@H]3C=C(F)C4=CC(=O)CC(=O)[C@]4(C)[C@H]3C(=O)C[C@]2(C)[C@H]1C(=O)CO. The van der Waals surface area contributed by atoms with E-state index in [1.807, 2.05) is 6.92 Å². The third-order valence-electron chi connectivity index (χ3n) is 7.62. The number of fused-ring (bicyclic) bond motifs is 5. The molecule has 6 atom stereocenters. The van der Waals surface area contributed by atoms with Gasteiger partial charge in [0.1, 0.15) is 18.2 Å². The third-order valence-corrected chi connectivity index (χ3v) is 7.62. The van der Waals surface area contributed by atoms with E-state index in [9.17, 15) is 24.3 Å². The summed E-state index contributed by atoms with van der Waals surface area (Å²) in [5, 5.41) is 9.38. The topological polar surface area (TPSA) is 88.5 Å². The van der Waals surface area contributed by atoms with Crippen LogP contribution in [0.2, 0.25) is 0 Å². The lowest BCUT2D eigenvalue weighted by Crippen LogP contribution is -2.57. The molecule has 6 heteroatoms. The smallest absolute Gasteiger partial charge is 0.165 e. The minimum absolute atomic E-state index is 0.00626. The first-order valence-electron chi connectivity index (χ1n) is 9.55. The van der Waals surface area contributed by atoms with Crippen molar-refractivity contribution in [2.24, 2.45) is 34.5 Å². The van der Waals surface area contributed by atoms with Crippen LogP contribution in [0.4, 0.5) is 4.39 Å². The Morgan fingerprint density at radius 1 is 1.32 bits per heavy atom. The fraction of sp³-hybridized carbons (Fsp3) is 0.545. The Morgan fingerprint density at radius 3 is 2.64 bits per heavy atom. The quantitative estimate of drug-likeness (QED) is 0.581. The van der Waals surface area contributed by atoms with Crippen molar-refractivity contribution >= 4 is 23.1 Å². The number of Topliss-reactive ketones (excluding diaryl/α,β-unsaturated/α-hetero) is 3. The number of hydrogen-bond donors (Lipinski definition) is 1. The molecule has 0 aromatic carbocycles. The largest absolute Gasteiger partial charge is 0.389 e. The molecule has 2 saturated carbocycles. The van der Waals surface area contributed by atoms with E-state index in [1.54, 1.807) is 6.92 Å². The zero-order chi connectivity index (χ0) is 20.6. The van der Waals surface area contributed by atoms with Gasteiger partial charge in [0.2, 0.25) is 0 Å². The van der Waals surface area contributed by atoms with E-state index >= 15 is 4.39 Å². The standard InChI is InChI=1S/C22H23FO5/c1-10-4-13-12-7-15(23)14-5-11(25)6-18(28)22(14,3)20(12)16(26)8-21(13,2)19(10)17(27)9-24/h5,7,12-13,19-20,24H,1,4,6,8-9H2,2-3H3/t12-,13-,19+,20+,21-,22+/m0/s1. The monoisotopic (exact) mass is 386 g/mol. The molecule has 1 N–H and O–H groups in total. The summed E-state index contributed by atoms with van der Waals surface area (Å²) < 4.78 is 15.1. The predicted octanol–water partition coefficient (Wildman–Crippen LogP) is 2.29. The molecular formula is C22H23FO5. The van der Waals surface area contributed by atoms with E-state index in [0.717, 1.165) is 6.08 Å². The van der Waals surface area contributed by atoms with Crippen LogP contribution >= 0.6 is 0 Å². The van der Waals surface area contributed by atoms with Crippen molar-refractivity contribution < 1.29 is 28.7 Å². The van der Waals surface area contributed by atoms with Gasteiger partial charge >= 0.3 is 0 Å². The van der Waals surface area contributed by atoms with Crippen molar-refractivity contribution in [3.8, 4) is 0 Å². The van der Waals surface area contributed by atoms with Crippen LogP contribution in [-0.2, 0) is 19.2 Å². The average Bonchev–Trinajstić information content (AvgIpc) is 2.86. The Balaban J connectivity index is 1.88. The minimum Gasteiger partial charge on any atom is -0.389 e. The molecule has 0 bridgehead atoms. The number of rotatable bonds is 2. The van der Waals surface area contributed by atoms with Crippen LogP contribution in [-0.4, -0.2) is 34.8 Å². The summed E-state index contributed by atoms with van der Waals surface area (Å²) in [6.07, 6.45) is 2.70. The highest BCUT2D eigenvalue weighted by molar-refractivity contribution is 6.13. The molecule has 5 nitrogen and oxygen atoms in total. The van der Waals surface area contributed by atoms with Crippen molar-refractivity contribution in [3.63, 3.8) is 0 Å². The lowest BCUT2D eigenvalue weighted by molar-refractivity contribution is -0.151. The van der Waals surface area contributed by atoms with Crippen molar-refractivity contribution in [2.75, 3.05) is 6.61 Å². The molecule has 0 aromatic heterocycles. The molecule has 28 heavy (non-hydrogen) atoms. The Labute approximate surface area is 162 Å². The number of carbonyl (C=O) groups is 4. The van der Waals surface area contributed by atoms with E-state index < -0.39 is 52.6 Å². The second kappa shape index (κ2) is 5.89. The summed E-state index contributed by atoms with van der Waals surface area (Å²) in [6.45, 7) is 6.76. The van der Waals surface area contributed by atoms with Gasteiger partial charge in [0.25, 0.3) is 0 Å². The number of aliphatic hydroxyl groups excluding tert-OH is 1. The maximum Gasteiger partial charge on any atom is 0.165 e. The molecule has 0 unspecified atom stereocenters. The fourth-order valence-corrected chi connectivity index (χ4v) is 6.43. The first-order chi connectivity index (χ1) is 13.1. The molecule has 0 radical (unpaired) electrons. The van der Waals surface area contributed by atoms with Crippen molar-refractivity contribution in [1.82, 2.24) is 0 Å². The van der Waals surface area contributed by atoms with Gasteiger partial charge in [-0.3, -0.25) is 19.2 Å². The van der Waals surface area contributed by atoms with Crippen LogP contribution in [0.5, 0.6) is 0 Å². The van der Waals surface area contributed by atoms with Gasteiger partial charge in [-0.05, 0) is 42.7 Å². The molecule has 2 fully saturated rings. The second-order valence-electron chi connectivity index (χ2n) is 9.07. The van der Waals surface area contributed by atoms with Crippen LogP contribution in [0.1, 0.15) is 33.1 Å². The van der Waals surface area contributed by atoms with Gasteiger partial charge in [-0.25, -0.2) is 4.39 Å². The van der Waals surface area contributed by atoms with Gasteiger partial charge < -0.3 is 5.11 Å². The van der Waals surface area contributed by atoms with Crippen molar-refractivity contribution in [2.45, 2.75) is 33.1 Å². The molecule has 0 saturated heterocycles. The molecule has 0 spiro atoms.